The predicted octanol–water partition coefficient (Wildman–Crippen LogP) is 4.57. The number of hydrogen-bond acceptors (Lipinski definition) is 4. The number of anilines is 1. The van der Waals surface area contributed by atoms with Gasteiger partial charge in [0.2, 0.25) is 5.91 Å². The minimum atomic E-state index is -1.24. The summed E-state index contributed by atoms with van der Waals surface area (Å²) in [5.41, 5.74) is -0.00904. The molecular weight excluding hydrogens is 430 g/mol. The van der Waals surface area contributed by atoms with E-state index in [1.54, 1.807) is 19.1 Å². The standard InChI is InChI=1S/C27H27N3O4/c1-27(20-14-13-18-7-2-3-8-19(18)15-20)25(32)30(26(33)29-27)17-24(31)28-21-9-6-12-23(16-21)34-22-10-4-5-11-22/h2-3,6-9,12-16,22H,4-5,10-11,17H2,1H3,(H,28,31)(H,29,33). The molecule has 1 saturated carbocycles. The van der Waals surface area contributed by atoms with Crippen LogP contribution >= 0.6 is 0 Å². The van der Waals surface area contributed by atoms with Crippen molar-refractivity contribution in [2.45, 2.75) is 44.2 Å². The second-order valence-corrected chi connectivity index (χ2v) is 9.11. The van der Waals surface area contributed by atoms with Gasteiger partial charge in [-0.25, -0.2) is 4.79 Å². The van der Waals surface area contributed by atoms with Crippen LogP contribution in [0.1, 0.15) is 38.2 Å². The first kappa shape index (κ1) is 21.9. The molecule has 2 aliphatic rings. The van der Waals surface area contributed by atoms with Gasteiger partial charge in [0.15, 0.2) is 0 Å². The van der Waals surface area contributed by atoms with Crippen molar-refractivity contribution < 1.29 is 19.1 Å². The summed E-state index contributed by atoms with van der Waals surface area (Å²) in [5.74, 6) is -0.214. The number of hydrogen-bond donors (Lipinski definition) is 2. The highest BCUT2D eigenvalue weighted by atomic mass is 16.5. The molecule has 1 aliphatic heterocycles. The Labute approximate surface area is 198 Å². The molecule has 5 rings (SSSR count). The largest absolute Gasteiger partial charge is 0.490 e. The minimum Gasteiger partial charge on any atom is -0.490 e. The van der Waals surface area contributed by atoms with Crippen molar-refractivity contribution in [2.75, 3.05) is 11.9 Å². The van der Waals surface area contributed by atoms with Crippen LogP contribution in [-0.4, -0.2) is 35.4 Å². The van der Waals surface area contributed by atoms with Crippen LogP contribution in [0.4, 0.5) is 10.5 Å². The summed E-state index contributed by atoms with van der Waals surface area (Å²) in [6, 6.07) is 20.1. The second kappa shape index (κ2) is 8.82. The molecule has 0 radical (unpaired) electrons. The number of rotatable bonds is 6. The molecular formula is C27H27N3O4. The zero-order valence-electron chi connectivity index (χ0n) is 19.0. The number of amides is 4. The number of nitrogens with zero attached hydrogens (tertiary/aromatic N) is 1. The Bertz CT molecular complexity index is 1270. The van der Waals surface area contributed by atoms with Gasteiger partial charge in [-0.3, -0.25) is 14.5 Å². The van der Waals surface area contributed by atoms with Crippen molar-refractivity contribution in [3.05, 3.63) is 72.3 Å². The second-order valence-electron chi connectivity index (χ2n) is 9.11. The third-order valence-electron chi connectivity index (χ3n) is 6.63. The number of carbonyl (C=O) groups is 3. The van der Waals surface area contributed by atoms with Crippen molar-refractivity contribution in [3.8, 4) is 5.75 Å². The molecule has 2 N–H and O–H groups in total. The number of nitrogens with one attached hydrogen (secondary N) is 2. The molecule has 7 heteroatoms. The average molecular weight is 458 g/mol. The molecule has 1 atom stereocenters. The van der Waals surface area contributed by atoms with Crippen LogP contribution < -0.4 is 15.4 Å². The normalized spacial score (nSPS) is 20.6. The van der Waals surface area contributed by atoms with Gasteiger partial charge in [-0.1, -0.05) is 42.5 Å². The number of imide groups is 1. The third kappa shape index (κ3) is 4.21. The number of ether oxygens (including phenoxy) is 1. The van der Waals surface area contributed by atoms with Gasteiger partial charge in [0, 0.05) is 11.8 Å². The maximum atomic E-state index is 13.3. The molecule has 1 saturated heterocycles. The Morgan fingerprint density at radius 1 is 1.03 bits per heavy atom. The Kier molecular flexibility index (Phi) is 5.69. The van der Waals surface area contributed by atoms with E-state index in [1.807, 2.05) is 54.6 Å². The quantitative estimate of drug-likeness (QED) is 0.531. The number of carbonyl (C=O) groups excluding carboxylic acids is 3. The first-order valence-electron chi connectivity index (χ1n) is 11.6. The fraction of sp³-hybridized carbons (Fsp3) is 0.296. The van der Waals surface area contributed by atoms with Crippen molar-refractivity contribution >= 4 is 34.3 Å². The van der Waals surface area contributed by atoms with Gasteiger partial charge in [0.25, 0.3) is 5.91 Å². The van der Waals surface area contributed by atoms with Crippen LogP contribution in [0, 0.1) is 0 Å². The van der Waals surface area contributed by atoms with Gasteiger partial charge >= 0.3 is 6.03 Å². The molecule has 3 aromatic carbocycles. The lowest BCUT2D eigenvalue weighted by Gasteiger charge is -2.22. The van der Waals surface area contributed by atoms with Gasteiger partial charge in [-0.2, -0.15) is 0 Å². The van der Waals surface area contributed by atoms with Crippen LogP contribution in [0.2, 0.25) is 0 Å². The van der Waals surface area contributed by atoms with Crippen LogP contribution in [-0.2, 0) is 15.1 Å². The predicted molar refractivity (Wildman–Crippen MR) is 130 cm³/mol. The van der Waals surface area contributed by atoms with E-state index in [0.717, 1.165) is 28.5 Å². The molecule has 34 heavy (non-hydrogen) atoms. The highest BCUT2D eigenvalue weighted by Crippen LogP contribution is 2.31. The molecule has 1 aliphatic carbocycles. The maximum Gasteiger partial charge on any atom is 0.325 e. The molecule has 0 spiro atoms. The number of benzene rings is 3. The average Bonchev–Trinajstić information content (AvgIpc) is 3.41. The van der Waals surface area contributed by atoms with Gasteiger partial charge in [-0.05, 0) is 67.1 Å². The number of urea groups is 1. The van der Waals surface area contributed by atoms with Crippen molar-refractivity contribution in [1.29, 1.82) is 0 Å². The maximum absolute atomic E-state index is 13.3. The number of fused-ring (bicyclic) bond motifs is 1. The molecule has 174 valence electrons. The van der Waals surface area contributed by atoms with Gasteiger partial charge < -0.3 is 15.4 Å². The molecule has 1 heterocycles. The Morgan fingerprint density at radius 3 is 2.59 bits per heavy atom. The van der Waals surface area contributed by atoms with Crippen molar-refractivity contribution in [3.63, 3.8) is 0 Å². The molecule has 1 unspecified atom stereocenters. The highest BCUT2D eigenvalue weighted by Gasteiger charge is 2.49. The molecule has 0 aromatic heterocycles. The summed E-state index contributed by atoms with van der Waals surface area (Å²) in [7, 11) is 0. The minimum absolute atomic E-state index is 0.213. The molecule has 2 fully saturated rings. The molecule has 4 amide bonds. The summed E-state index contributed by atoms with van der Waals surface area (Å²) >= 11 is 0. The zero-order chi connectivity index (χ0) is 23.7. The SMILES string of the molecule is CC1(c2ccc3ccccc3c2)NC(=O)N(CC(=O)Nc2cccc(OC3CCCC3)c2)C1=O. The van der Waals surface area contributed by atoms with E-state index in [-0.39, 0.29) is 12.6 Å². The van der Waals surface area contributed by atoms with Gasteiger partial charge in [0.1, 0.15) is 17.8 Å². The smallest absolute Gasteiger partial charge is 0.325 e. The first-order chi connectivity index (χ1) is 16.4. The monoisotopic (exact) mass is 457 g/mol. The Morgan fingerprint density at radius 2 is 1.79 bits per heavy atom. The third-order valence-corrected chi connectivity index (χ3v) is 6.63. The summed E-state index contributed by atoms with van der Waals surface area (Å²) in [6.07, 6.45) is 4.64. The molecule has 7 nitrogen and oxygen atoms in total. The molecule has 3 aromatic rings. The van der Waals surface area contributed by atoms with Gasteiger partial charge in [0.05, 0.1) is 6.10 Å². The van der Waals surface area contributed by atoms with Crippen LogP contribution in [0.5, 0.6) is 5.75 Å². The van der Waals surface area contributed by atoms with E-state index in [4.69, 9.17) is 4.74 Å². The van der Waals surface area contributed by atoms with Crippen molar-refractivity contribution in [2.24, 2.45) is 0 Å². The van der Waals surface area contributed by atoms with Crippen LogP contribution in [0.3, 0.4) is 0 Å². The van der Waals surface area contributed by atoms with Crippen LogP contribution in [0.15, 0.2) is 66.7 Å². The summed E-state index contributed by atoms with van der Waals surface area (Å²) in [6.45, 7) is 1.29. The summed E-state index contributed by atoms with van der Waals surface area (Å²) < 4.78 is 5.99. The zero-order valence-corrected chi connectivity index (χ0v) is 19.0. The lowest BCUT2D eigenvalue weighted by atomic mass is 9.90. The van der Waals surface area contributed by atoms with Gasteiger partial charge in [-0.15, -0.1) is 0 Å². The lowest BCUT2D eigenvalue weighted by Crippen LogP contribution is -2.42. The summed E-state index contributed by atoms with van der Waals surface area (Å²) in [5, 5.41) is 7.56. The summed E-state index contributed by atoms with van der Waals surface area (Å²) in [4.78, 5) is 39.6. The van der Waals surface area contributed by atoms with E-state index in [1.165, 1.54) is 12.8 Å². The Hall–Kier alpha value is -3.87. The molecule has 0 bridgehead atoms. The highest BCUT2D eigenvalue weighted by molar-refractivity contribution is 6.10. The van der Waals surface area contributed by atoms with E-state index in [9.17, 15) is 14.4 Å². The fourth-order valence-corrected chi connectivity index (χ4v) is 4.73. The lowest BCUT2D eigenvalue weighted by molar-refractivity contribution is -0.133. The van der Waals surface area contributed by atoms with E-state index in [0.29, 0.717) is 17.0 Å². The van der Waals surface area contributed by atoms with E-state index >= 15 is 0 Å². The first-order valence-corrected chi connectivity index (χ1v) is 11.6. The van der Waals surface area contributed by atoms with E-state index in [2.05, 4.69) is 10.6 Å². The van der Waals surface area contributed by atoms with Crippen LogP contribution in [0.25, 0.3) is 10.8 Å². The fourth-order valence-electron chi connectivity index (χ4n) is 4.73. The van der Waals surface area contributed by atoms with Crippen molar-refractivity contribution in [1.82, 2.24) is 10.2 Å². The Balaban J connectivity index is 1.27. The van der Waals surface area contributed by atoms with E-state index < -0.39 is 23.4 Å². The topological polar surface area (TPSA) is 87.7 Å².